The molecule has 45 valence electrons. The predicted octanol–water partition coefficient (Wildman–Crippen LogP) is 2.56. The van der Waals surface area contributed by atoms with Gasteiger partial charge < -0.3 is 0 Å². The third-order valence-corrected chi connectivity index (χ3v) is 1.41. The fourth-order valence-electron chi connectivity index (χ4n) is 0.552. The second-order valence-electron chi connectivity index (χ2n) is 1.61. The minimum atomic E-state index is 0.699. The summed E-state index contributed by atoms with van der Waals surface area (Å²) in [6.07, 6.45) is 0. The van der Waals surface area contributed by atoms with Crippen molar-refractivity contribution in [3.8, 4) is 0 Å². The highest BCUT2D eigenvalue weighted by Crippen LogP contribution is 2.08. The summed E-state index contributed by atoms with van der Waals surface area (Å²) in [4.78, 5) is 0. The maximum atomic E-state index is 5.64. The highest BCUT2D eigenvalue weighted by Gasteiger charge is 1.86. The lowest BCUT2D eigenvalue weighted by molar-refractivity contribution is 1.69. The molecule has 1 aromatic carbocycles. The summed E-state index contributed by atoms with van der Waals surface area (Å²) in [5.74, 6) is 0. The number of thiocarbonyl (C=S) groups is 1. The Bertz CT molecular complexity index is 220. The molecule has 1 radical (unpaired) electrons. The maximum absolute atomic E-state index is 5.64. The fourth-order valence-corrected chi connectivity index (χ4v) is 0.869. The zero-order valence-electron chi connectivity index (χ0n) is 4.60. The molecule has 0 bridgehead atoms. The molecular formula is C7H4ClS. The molecule has 0 atom stereocenters. The molecule has 0 N–H and O–H groups in total. The minimum absolute atomic E-state index is 0.699. The highest BCUT2D eigenvalue weighted by molar-refractivity contribution is 7.79. The van der Waals surface area contributed by atoms with E-state index in [-0.39, 0.29) is 0 Å². The molecule has 1 rings (SSSR count). The number of benzene rings is 1. The van der Waals surface area contributed by atoms with Crippen LogP contribution in [0, 0.1) is 0 Å². The van der Waals surface area contributed by atoms with E-state index in [2.05, 4.69) is 17.6 Å². The van der Waals surface area contributed by atoms with E-state index in [0.717, 1.165) is 5.56 Å². The van der Waals surface area contributed by atoms with Crippen LogP contribution in [0.5, 0.6) is 0 Å². The normalized spacial score (nSPS) is 9.00. The van der Waals surface area contributed by atoms with Crippen molar-refractivity contribution in [3.05, 3.63) is 34.9 Å². The Hall–Kier alpha value is -0.400. The van der Waals surface area contributed by atoms with E-state index >= 15 is 0 Å². The van der Waals surface area contributed by atoms with Gasteiger partial charge in [-0.1, -0.05) is 36.0 Å². The first-order valence-electron chi connectivity index (χ1n) is 2.46. The quantitative estimate of drug-likeness (QED) is 0.562. The summed E-state index contributed by atoms with van der Waals surface area (Å²) >= 11 is 10.2. The Labute approximate surface area is 64.5 Å². The lowest BCUT2D eigenvalue weighted by atomic mass is 10.2. The van der Waals surface area contributed by atoms with Crippen molar-refractivity contribution in [1.29, 1.82) is 0 Å². The van der Waals surface area contributed by atoms with Crippen LogP contribution in [0.15, 0.2) is 24.3 Å². The van der Waals surface area contributed by atoms with Crippen molar-refractivity contribution in [3.63, 3.8) is 0 Å². The lowest BCUT2D eigenvalue weighted by Crippen LogP contribution is -1.74. The van der Waals surface area contributed by atoms with Crippen LogP contribution >= 0.6 is 23.8 Å². The van der Waals surface area contributed by atoms with E-state index in [1.807, 2.05) is 12.1 Å². The minimum Gasteiger partial charge on any atom is -0.0843 e. The third kappa shape index (κ3) is 1.77. The van der Waals surface area contributed by atoms with Crippen LogP contribution in [0.2, 0.25) is 5.02 Å². The van der Waals surface area contributed by atoms with Crippen LogP contribution in [0.25, 0.3) is 0 Å². The van der Waals surface area contributed by atoms with Crippen LogP contribution in [0.4, 0.5) is 0 Å². The van der Waals surface area contributed by atoms with Crippen molar-refractivity contribution >= 4 is 29.2 Å². The molecule has 0 aromatic heterocycles. The Morgan fingerprint density at radius 1 is 1.44 bits per heavy atom. The predicted molar refractivity (Wildman–Crippen MR) is 43.2 cm³/mol. The van der Waals surface area contributed by atoms with Gasteiger partial charge in [-0.05, 0) is 17.7 Å². The molecule has 0 aliphatic rings. The van der Waals surface area contributed by atoms with E-state index in [4.69, 9.17) is 11.6 Å². The molecule has 0 aliphatic heterocycles. The summed E-state index contributed by atoms with van der Waals surface area (Å²) in [6.45, 7) is 0. The first-order valence-corrected chi connectivity index (χ1v) is 3.25. The van der Waals surface area contributed by atoms with Crippen molar-refractivity contribution in [2.75, 3.05) is 0 Å². The van der Waals surface area contributed by atoms with Crippen molar-refractivity contribution < 1.29 is 0 Å². The van der Waals surface area contributed by atoms with Gasteiger partial charge >= 0.3 is 0 Å². The Morgan fingerprint density at radius 2 is 2.22 bits per heavy atom. The van der Waals surface area contributed by atoms with Gasteiger partial charge in [-0.15, -0.1) is 0 Å². The molecule has 9 heavy (non-hydrogen) atoms. The molecule has 0 heterocycles. The maximum Gasteiger partial charge on any atom is 0.0636 e. The van der Waals surface area contributed by atoms with Gasteiger partial charge in [0.05, 0.1) is 5.37 Å². The van der Waals surface area contributed by atoms with Gasteiger partial charge in [0.1, 0.15) is 0 Å². The lowest BCUT2D eigenvalue weighted by Gasteiger charge is -1.88. The van der Waals surface area contributed by atoms with E-state index in [1.165, 1.54) is 0 Å². The van der Waals surface area contributed by atoms with Gasteiger partial charge in [-0.2, -0.15) is 0 Å². The van der Waals surface area contributed by atoms with Gasteiger partial charge in [-0.3, -0.25) is 0 Å². The SMILES string of the molecule is S=[C]c1cccc(Cl)c1. The Morgan fingerprint density at radius 3 is 2.67 bits per heavy atom. The van der Waals surface area contributed by atoms with E-state index in [9.17, 15) is 0 Å². The number of halogens is 1. The van der Waals surface area contributed by atoms with Crippen LogP contribution in [-0.4, -0.2) is 5.37 Å². The van der Waals surface area contributed by atoms with Gasteiger partial charge in [0.2, 0.25) is 0 Å². The first-order chi connectivity index (χ1) is 4.33. The fraction of sp³-hybridized carbons (Fsp3) is 0. The molecule has 1 aromatic rings. The van der Waals surface area contributed by atoms with Gasteiger partial charge in [0.25, 0.3) is 0 Å². The second kappa shape index (κ2) is 2.95. The molecule has 2 heteroatoms. The van der Waals surface area contributed by atoms with Crippen LogP contribution in [-0.2, 0) is 0 Å². The summed E-state index contributed by atoms with van der Waals surface area (Å²) in [7, 11) is 0. The molecular weight excluding hydrogens is 152 g/mol. The molecule has 0 saturated carbocycles. The highest BCUT2D eigenvalue weighted by atomic mass is 35.5. The summed E-state index contributed by atoms with van der Waals surface area (Å²) < 4.78 is 0. The van der Waals surface area contributed by atoms with Crippen molar-refractivity contribution in [2.45, 2.75) is 0 Å². The van der Waals surface area contributed by atoms with Crippen molar-refractivity contribution in [1.82, 2.24) is 0 Å². The number of hydrogen-bond acceptors (Lipinski definition) is 1. The van der Waals surface area contributed by atoms with E-state index in [0.29, 0.717) is 5.02 Å². The average Bonchev–Trinajstić information content (AvgIpc) is 1.88. The smallest absolute Gasteiger partial charge is 0.0636 e. The first kappa shape index (κ1) is 6.72. The number of hydrogen-bond donors (Lipinski definition) is 0. The van der Waals surface area contributed by atoms with Gasteiger partial charge in [0, 0.05) is 5.02 Å². The molecule has 0 spiro atoms. The van der Waals surface area contributed by atoms with Crippen molar-refractivity contribution in [2.24, 2.45) is 0 Å². The van der Waals surface area contributed by atoms with Crippen LogP contribution in [0.1, 0.15) is 5.56 Å². The molecule has 0 nitrogen and oxygen atoms in total. The molecule has 0 fully saturated rings. The standard InChI is InChI=1S/C7H4ClS/c8-7-3-1-2-6(4-7)5-9/h1-4H. The summed E-state index contributed by atoms with van der Waals surface area (Å²) in [6, 6.07) is 7.28. The monoisotopic (exact) mass is 155 g/mol. The molecule has 0 saturated heterocycles. The average molecular weight is 156 g/mol. The zero-order valence-corrected chi connectivity index (χ0v) is 6.17. The number of rotatable bonds is 1. The van der Waals surface area contributed by atoms with Crippen LogP contribution in [0.3, 0.4) is 0 Å². The summed E-state index contributed by atoms with van der Waals surface area (Å²) in [5.41, 5.74) is 0.859. The molecule has 0 aliphatic carbocycles. The molecule has 0 amide bonds. The third-order valence-electron chi connectivity index (χ3n) is 0.942. The Balaban J connectivity index is 3.07. The second-order valence-corrected chi connectivity index (χ2v) is 2.25. The van der Waals surface area contributed by atoms with Gasteiger partial charge in [-0.25, -0.2) is 0 Å². The van der Waals surface area contributed by atoms with E-state index in [1.54, 1.807) is 12.1 Å². The Kier molecular flexibility index (Phi) is 2.20. The summed E-state index contributed by atoms with van der Waals surface area (Å²) in [5, 5.41) is 3.27. The van der Waals surface area contributed by atoms with Crippen LogP contribution < -0.4 is 0 Å². The topological polar surface area (TPSA) is 0 Å². The van der Waals surface area contributed by atoms with Gasteiger partial charge in [0.15, 0.2) is 0 Å². The van der Waals surface area contributed by atoms with E-state index < -0.39 is 0 Å². The zero-order chi connectivity index (χ0) is 6.69. The molecule has 0 unspecified atom stereocenters. The largest absolute Gasteiger partial charge is 0.0843 e.